The SMILES string of the molecule is CCNC(CSC1CCCC1)Cc1ccncc1Cl. The molecule has 1 aliphatic carbocycles. The number of nitrogens with zero attached hydrogens (tertiary/aromatic N) is 1. The van der Waals surface area contributed by atoms with E-state index in [-0.39, 0.29) is 0 Å². The third-order valence-corrected chi connectivity index (χ3v) is 5.53. The second kappa shape index (κ2) is 8.13. The summed E-state index contributed by atoms with van der Waals surface area (Å²) in [6, 6.07) is 2.54. The number of halogens is 1. The van der Waals surface area contributed by atoms with Crippen LogP contribution >= 0.6 is 23.4 Å². The van der Waals surface area contributed by atoms with Crippen LogP contribution < -0.4 is 5.32 Å². The van der Waals surface area contributed by atoms with Crippen molar-refractivity contribution >= 4 is 23.4 Å². The molecular formula is C15H23ClN2S. The number of rotatable bonds is 7. The van der Waals surface area contributed by atoms with Crippen LogP contribution in [0, 0.1) is 0 Å². The van der Waals surface area contributed by atoms with E-state index in [9.17, 15) is 0 Å². The Morgan fingerprint density at radius 3 is 2.95 bits per heavy atom. The first-order valence-electron chi connectivity index (χ1n) is 7.23. The molecule has 1 N–H and O–H groups in total. The van der Waals surface area contributed by atoms with Gasteiger partial charge < -0.3 is 5.32 Å². The summed E-state index contributed by atoms with van der Waals surface area (Å²) in [6.45, 7) is 3.18. The van der Waals surface area contributed by atoms with Gasteiger partial charge in [-0.05, 0) is 37.4 Å². The zero-order valence-corrected chi connectivity index (χ0v) is 13.1. The lowest BCUT2D eigenvalue weighted by molar-refractivity contribution is 0.571. The lowest BCUT2D eigenvalue weighted by atomic mass is 10.1. The maximum absolute atomic E-state index is 6.20. The number of likely N-dealkylation sites (N-methyl/N-ethyl adjacent to an activating group) is 1. The summed E-state index contributed by atoms with van der Waals surface area (Å²) in [5, 5.41) is 5.25. The van der Waals surface area contributed by atoms with Crippen molar-refractivity contribution in [3.8, 4) is 0 Å². The van der Waals surface area contributed by atoms with Crippen molar-refractivity contribution in [2.45, 2.75) is 50.3 Å². The van der Waals surface area contributed by atoms with Crippen LogP contribution in [-0.2, 0) is 6.42 Å². The smallest absolute Gasteiger partial charge is 0.0621 e. The van der Waals surface area contributed by atoms with Gasteiger partial charge in [0.15, 0.2) is 0 Å². The molecule has 2 nitrogen and oxygen atoms in total. The van der Waals surface area contributed by atoms with Gasteiger partial charge in [-0.2, -0.15) is 11.8 Å². The zero-order valence-electron chi connectivity index (χ0n) is 11.6. The van der Waals surface area contributed by atoms with Crippen molar-refractivity contribution in [3.05, 3.63) is 29.0 Å². The lowest BCUT2D eigenvalue weighted by Gasteiger charge is -2.20. The summed E-state index contributed by atoms with van der Waals surface area (Å²) in [7, 11) is 0. The van der Waals surface area contributed by atoms with Gasteiger partial charge in [0.2, 0.25) is 0 Å². The second-order valence-corrected chi connectivity index (χ2v) is 6.91. The van der Waals surface area contributed by atoms with Crippen LogP contribution in [0.4, 0.5) is 0 Å². The molecule has 106 valence electrons. The second-order valence-electron chi connectivity index (χ2n) is 5.17. The van der Waals surface area contributed by atoms with Crippen LogP contribution in [0.3, 0.4) is 0 Å². The molecule has 1 aromatic heterocycles. The molecule has 19 heavy (non-hydrogen) atoms. The first-order valence-corrected chi connectivity index (χ1v) is 8.65. The average molecular weight is 299 g/mol. The fourth-order valence-corrected chi connectivity index (χ4v) is 4.22. The molecular weight excluding hydrogens is 276 g/mol. The fourth-order valence-electron chi connectivity index (χ4n) is 2.62. The molecule has 2 rings (SSSR count). The summed E-state index contributed by atoms with van der Waals surface area (Å²) in [6.07, 6.45) is 10.2. The van der Waals surface area contributed by atoms with E-state index in [2.05, 4.69) is 29.0 Å². The Balaban J connectivity index is 1.86. The maximum Gasteiger partial charge on any atom is 0.0621 e. The van der Waals surface area contributed by atoms with Crippen LogP contribution in [0.1, 0.15) is 38.2 Å². The minimum Gasteiger partial charge on any atom is -0.313 e. The Labute approximate surface area is 125 Å². The summed E-state index contributed by atoms with van der Waals surface area (Å²) in [5.74, 6) is 1.18. The van der Waals surface area contributed by atoms with Crippen molar-refractivity contribution in [2.24, 2.45) is 0 Å². The molecule has 1 atom stereocenters. The number of aromatic nitrogens is 1. The van der Waals surface area contributed by atoms with Crippen LogP contribution in [0.25, 0.3) is 0 Å². The molecule has 0 radical (unpaired) electrons. The van der Waals surface area contributed by atoms with Gasteiger partial charge in [-0.15, -0.1) is 0 Å². The highest BCUT2D eigenvalue weighted by Crippen LogP contribution is 2.30. The van der Waals surface area contributed by atoms with E-state index in [1.807, 2.05) is 12.3 Å². The first kappa shape index (κ1) is 15.1. The number of thioether (sulfide) groups is 1. The fraction of sp³-hybridized carbons (Fsp3) is 0.667. The maximum atomic E-state index is 6.20. The summed E-state index contributed by atoms with van der Waals surface area (Å²) < 4.78 is 0. The third-order valence-electron chi connectivity index (χ3n) is 3.65. The number of nitrogens with one attached hydrogen (secondary N) is 1. The van der Waals surface area contributed by atoms with Gasteiger partial charge in [0.05, 0.1) is 5.02 Å². The molecule has 1 unspecified atom stereocenters. The van der Waals surface area contributed by atoms with Crippen LogP contribution in [0.5, 0.6) is 0 Å². The van der Waals surface area contributed by atoms with E-state index in [4.69, 9.17) is 11.6 Å². The van der Waals surface area contributed by atoms with E-state index in [0.29, 0.717) is 6.04 Å². The molecule has 0 spiro atoms. The minimum absolute atomic E-state index is 0.510. The van der Waals surface area contributed by atoms with Gasteiger partial charge in [-0.1, -0.05) is 31.4 Å². The molecule has 1 aromatic rings. The molecule has 1 aliphatic rings. The average Bonchev–Trinajstić information content (AvgIpc) is 2.92. The van der Waals surface area contributed by atoms with Gasteiger partial charge in [-0.3, -0.25) is 4.98 Å². The largest absolute Gasteiger partial charge is 0.313 e. The van der Waals surface area contributed by atoms with Crippen molar-refractivity contribution in [3.63, 3.8) is 0 Å². The molecule has 0 bridgehead atoms. The van der Waals surface area contributed by atoms with Crippen molar-refractivity contribution < 1.29 is 0 Å². The van der Waals surface area contributed by atoms with E-state index in [0.717, 1.165) is 23.2 Å². The standard InChI is InChI=1S/C15H23ClN2S/c1-2-18-13(11-19-14-5-3-4-6-14)9-12-7-8-17-10-15(12)16/h7-8,10,13-14,18H,2-6,9,11H2,1H3. The Morgan fingerprint density at radius 1 is 1.47 bits per heavy atom. The monoisotopic (exact) mass is 298 g/mol. The summed E-state index contributed by atoms with van der Waals surface area (Å²) in [5.41, 5.74) is 1.20. The zero-order chi connectivity index (χ0) is 13.5. The van der Waals surface area contributed by atoms with Crippen molar-refractivity contribution in [2.75, 3.05) is 12.3 Å². The first-order chi connectivity index (χ1) is 9.29. The Morgan fingerprint density at radius 2 is 2.26 bits per heavy atom. The molecule has 1 heterocycles. The minimum atomic E-state index is 0.510. The van der Waals surface area contributed by atoms with E-state index in [1.165, 1.54) is 37.0 Å². The molecule has 0 amide bonds. The topological polar surface area (TPSA) is 24.9 Å². The quantitative estimate of drug-likeness (QED) is 0.825. The Bertz CT molecular complexity index is 380. The predicted octanol–water partition coefficient (Wildman–Crippen LogP) is 3.93. The molecule has 0 aromatic carbocycles. The molecule has 4 heteroatoms. The molecule has 0 aliphatic heterocycles. The van der Waals surface area contributed by atoms with Gasteiger partial charge in [0, 0.05) is 29.4 Å². The van der Waals surface area contributed by atoms with E-state index >= 15 is 0 Å². The van der Waals surface area contributed by atoms with Crippen molar-refractivity contribution in [1.82, 2.24) is 10.3 Å². The van der Waals surface area contributed by atoms with Gasteiger partial charge in [0.25, 0.3) is 0 Å². The van der Waals surface area contributed by atoms with E-state index < -0.39 is 0 Å². The van der Waals surface area contributed by atoms with Crippen LogP contribution in [0.2, 0.25) is 5.02 Å². The normalized spacial score (nSPS) is 17.8. The number of hydrogen-bond donors (Lipinski definition) is 1. The summed E-state index contributed by atoms with van der Waals surface area (Å²) >= 11 is 8.33. The Kier molecular flexibility index (Phi) is 6.48. The van der Waals surface area contributed by atoms with Gasteiger partial charge in [0.1, 0.15) is 0 Å². The molecule has 1 fully saturated rings. The van der Waals surface area contributed by atoms with Crippen LogP contribution in [0.15, 0.2) is 18.5 Å². The number of pyridine rings is 1. The molecule has 1 saturated carbocycles. The van der Waals surface area contributed by atoms with Crippen LogP contribution in [-0.4, -0.2) is 28.6 Å². The third kappa shape index (κ3) is 4.97. The Hall–Kier alpha value is -0.250. The highest BCUT2D eigenvalue weighted by Gasteiger charge is 2.18. The van der Waals surface area contributed by atoms with E-state index in [1.54, 1.807) is 6.20 Å². The summed E-state index contributed by atoms with van der Waals surface area (Å²) in [4.78, 5) is 4.05. The highest BCUT2D eigenvalue weighted by molar-refractivity contribution is 7.99. The lowest BCUT2D eigenvalue weighted by Crippen LogP contribution is -2.33. The highest BCUT2D eigenvalue weighted by atomic mass is 35.5. The molecule has 0 saturated heterocycles. The van der Waals surface area contributed by atoms with Gasteiger partial charge >= 0.3 is 0 Å². The predicted molar refractivity (Wildman–Crippen MR) is 85.1 cm³/mol. The van der Waals surface area contributed by atoms with Crippen molar-refractivity contribution in [1.29, 1.82) is 0 Å². The van der Waals surface area contributed by atoms with Gasteiger partial charge in [-0.25, -0.2) is 0 Å². The number of hydrogen-bond acceptors (Lipinski definition) is 3.